The molecule has 54 heavy (non-hydrogen) atoms. The van der Waals surface area contributed by atoms with E-state index in [-0.39, 0.29) is 18.4 Å². The molecule has 1 N–H and O–H groups in total. The number of oxazole rings is 1. The van der Waals surface area contributed by atoms with Crippen LogP contribution in [0.15, 0.2) is 113 Å². The van der Waals surface area contributed by atoms with Gasteiger partial charge in [-0.2, -0.15) is 0 Å². The van der Waals surface area contributed by atoms with E-state index in [1.807, 2.05) is 18.2 Å². The van der Waals surface area contributed by atoms with Crippen molar-refractivity contribution in [1.82, 2.24) is 4.98 Å². The number of carbonyl (C=O) groups excluding carboxylic acids is 4. The molecule has 0 spiro atoms. The Balaban J connectivity index is 1.11. The van der Waals surface area contributed by atoms with Gasteiger partial charge < -0.3 is 14.3 Å². The first-order valence-corrected chi connectivity index (χ1v) is 17.4. The molecule has 1 aromatic heterocycles. The highest BCUT2D eigenvalue weighted by Gasteiger charge is 2.68. The lowest BCUT2D eigenvalue weighted by Crippen LogP contribution is -2.49. The SMILES string of the molecule is CC12C(=O)N(c3ccccc3)C(=O)C1CC1C(=CCC3C(=O)N(c4ccc(-c5nc6ccccc6o5)cc4)C(=O)C31)C2c1cc(OC(F)(F)F)ccc1O. The van der Waals surface area contributed by atoms with Gasteiger partial charge in [0.2, 0.25) is 29.5 Å². The van der Waals surface area contributed by atoms with E-state index in [0.717, 1.165) is 28.0 Å². The lowest BCUT2D eigenvalue weighted by Gasteiger charge is -2.49. The van der Waals surface area contributed by atoms with Crippen molar-refractivity contribution >= 4 is 46.1 Å². The number of allylic oxidation sites excluding steroid dienone is 2. The fourth-order valence-electron chi connectivity index (χ4n) is 9.15. The Morgan fingerprint density at radius 2 is 1.54 bits per heavy atom. The predicted octanol–water partition coefficient (Wildman–Crippen LogP) is 7.53. The number of rotatable bonds is 5. The summed E-state index contributed by atoms with van der Waals surface area (Å²) in [6, 6.07) is 25.3. The van der Waals surface area contributed by atoms with Crippen LogP contribution in [0, 0.1) is 29.1 Å². The largest absolute Gasteiger partial charge is 0.573 e. The molecule has 2 aliphatic carbocycles. The van der Waals surface area contributed by atoms with E-state index >= 15 is 0 Å². The van der Waals surface area contributed by atoms with E-state index in [2.05, 4.69) is 9.72 Å². The Hall–Kier alpha value is -6.24. The first kappa shape index (κ1) is 33.6. The number of nitrogens with zero attached hydrogens (tertiary/aromatic N) is 3. The molecule has 13 heteroatoms. The lowest BCUT2D eigenvalue weighted by atomic mass is 9.51. The van der Waals surface area contributed by atoms with Crippen LogP contribution in [-0.4, -0.2) is 40.1 Å². The minimum absolute atomic E-state index is 0.0247. The van der Waals surface area contributed by atoms with E-state index in [1.54, 1.807) is 73.7 Å². The van der Waals surface area contributed by atoms with Crippen molar-refractivity contribution in [2.24, 2.45) is 29.1 Å². The Labute approximate surface area is 305 Å². The van der Waals surface area contributed by atoms with Crippen LogP contribution < -0.4 is 14.5 Å². The van der Waals surface area contributed by atoms with E-state index in [4.69, 9.17) is 4.42 Å². The van der Waals surface area contributed by atoms with Crippen LogP contribution in [0.3, 0.4) is 0 Å². The van der Waals surface area contributed by atoms with E-state index in [1.165, 1.54) is 0 Å². The van der Waals surface area contributed by atoms with Crippen molar-refractivity contribution in [2.75, 3.05) is 9.80 Å². The molecule has 2 aliphatic heterocycles. The number of phenols is 1. The molecule has 9 rings (SSSR count). The van der Waals surface area contributed by atoms with E-state index < -0.39 is 76.5 Å². The molecule has 4 aliphatic rings. The molecule has 6 unspecified atom stereocenters. The minimum Gasteiger partial charge on any atom is -0.508 e. The van der Waals surface area contributed by atoms with Crippen molar-refractivity contribution in [3.8, 4) is 23.0 Å². The summed E-state index contributed by atoms with van der Waals surface area (Å²) < 4.78 is 50.3. The standard InChI is InChI=1S/C41H30F3N3O7/c1-40-29(37(50)47(39(40)52)22-7-3-2-4-8-22)20-27-25(34(40)28-19-24(15-18-31(28)48)54-41(42,43)44)16-17-26-33(27)38(51)46(36(26)49)23-13-11-21(12-14-23)35-45-30-9-5-6-10-32(30)53-35/h2-16,18-19,26-27,29,33-34,48H,17,20H2,1H3. The average molecular weight is 734 g/mol. The maximum Gasteiger partial charge on any atom is 0.573 e. The second kappa shape index (κ2) is 11.9. The van der Waals surface area contributed by atoms with Crippen LogP contribution in [0.5, 0.6) is 11.5 Å². The van der Waals surface area contributed by atoms with Crippen LogP contribution >= 0.6 is 0 Å². The Morgan fingerprint density at radius 3 is 2.26 bits per heavy atom. The Morgan fingerprint density at radius 1 is 0.833 bits per heavy atom. The van der Waals surface area contributed by atoms with E-state index in [0.29, 0.717) is 39.5 Å². The Bertz CT molecular complexity index is 2390. The van der Waals surface area contributed by atoms with Crippen LogP contribution in [-0.2, 0) is 19.2 Å². The molecule has 4 aromatic carbocycles. The summed E-state index contributed by atoms with van der Waals surface area (Å²) in [5.41, 5.74) is 1.43. The quantitative estimate of drug-likeness (QED) is 0.145. The molecule has 0 radical (unpaired) electrons. The third-order valence-corrected chi connectivity index (χ3v) is 11.5. The number of aromatic hydroxyl groups is 1. The highest BCUT2D eigenvalue weighted by Crippen LogP contribution is 2.64. The molecular weight excluding hydrogens is 703 g/mol. The first-order chi connectivity index (χ1) is 25.8. The fourth-order valence-corrected chi connectivity index (χ4v) is 9.15. The highest BCUT2D eigenvalue weighted by molar-refractivity contribution is 6.25. The molecule has 10 nitrogen and oxygen atoms in total. The van der Waals surface area contributed by atoms with Crippen LogP contribution in [0.4, 0.5) is 24.5 Å². The number of fused-ring (bicyclic) bond motifs is 5. The molecule has 272 valence electrons. The molecule has 6 atom stereocenters. The first-order valence-electron chi connectivity index (χ1n) is 17.4. The molecule has 3 fully saturated rings. The molecule has 4 amide bonds. The van der Waals surface area contributed by atoms with Crippen LogP contribution in [0.25, 0.3) is 22.6 Å². The highest BCUT2D eigenvalue weighted by atomic mass is 19.4. The summed E-state index contributed by atoms with van der Waals surface area (Å²) in [4.78, 5) is 64.2. The van der Waals surface area contributed by atoms with Gasteiger partial charge in [0.25, 0.3) is 0 Å². The van der Waals surface area contributed by atoms with Gasteiger partial charge in [0.1, 0.15) is 17.0 Å². The van der Waals surface area contributed by atoms with Crippen LogP contribution in [0.1, 0.15) is 31.2 Å². The minimum atomic E-state index is -5.04. The molecule has 3 heterocycles. The number of aromatic nitrogens is 1. The van der Waals surface area contributed by atoms with Crippen molar-refractivity contribution < 1.29 is 46.6 Å². The second-order valence-corrected chi connectivity index (χ2v) is 14.3. The molecule has 0 bridgehead atoms. The van der Waals surface area contributed by atoms with Gasteiger partial charge in [-0.05, 0) is 92.4 Å². The van der Waals surface area contributed by atoms with Gasteiger partial charge in [-0.3, -0.25) is 24.1 Å². The summed E-state index contributed by atoms with van der Waals surface area (Å²) in [7, 11) is 0. The molecule has 1 saturated carbocycles. The zero-order valence-corrected chi connectivity index (χ0v) is 28.5. The summed E-state index contributed by atoms with van der Waals surface area (Å²) in [5.74, 6) is -7.39. The normalized spacial score (nSPS) is 26.5. The third-order valence-electron chi connectivity index (χ3n) is 11.5. The van der Waals surface area contributed by atoms with Gasteiger partial charge in [-0.1, -0.05) is 42.0 Å². The zero-order chi connectivity index (χ0) is 37.7. The maximum atomic E-state index is 14.6. The number of hydrogen-bond acceptors (Lipinski definition) is 8. The number of anilines is 2. The fraction of sp³-hybridized carbons (Fsp3) is 0.244. The van der Waals surface area contributed by atoms with Crippen molar-refractivity contribution in [1.29, 1.82) is 0 Å². The number of carbonyl (C=O) groups is 4. The topological polar surface area (TPSA) is 130 Å². The number of amides is 4. The smallest absolute Gasteiger partial charge is 0.508 e. The molecule has 2 saturated heterocycles. The number of phenolic OH excluding ortho intramolecular Hbond substituents is 1. The number of para-hydroxylation sites is 3. The monoisotopic (exact) mass is 733 g/mol. The van der Waals surface area contributed by atoms with Gasteiger partial charge in [0.05, 0.1) is 34.5 Å². The summed E-state index contributed by atoms with van der Waals surface area (Å²) in [5, 5.41) is 11.2. The van der Waals surface area contributed by atoms with Crippen molar-refractivity contribution in [2.45, 2.75) is 32.0 Å². The summed E-state index contributed by atoms with van der Waals surface area (Å²) >= 11 is 0. The van der Waals surface area contributed by atoms with Gasteiger partial charge in [0.15, 0.2) is 5.58 Å². The van der Waals surface area contributed by atoms with Crippen molar-refractivity contribution in [3.63, 3.8) is 0 Å². The molecule has 5 aromatic rings. The number of ether oxygens (including phenoxy) is 1. The van der Waals surface area contributed by atoms with Crippen LogP contribution in [0.2, 0.25) is 0 Å². The van der Waals surface area contributed by atoms with Crippen molar-refractivity contribution in [3.05, 3.63) is 114 Å². The Kier molecular flexibility index (Phi) is 7.39. The van der Waals surface area contributed by atoms with Gasteiger partial charge in [-0.15, -0.1) is 13.2 Å². The number of imide groups is 2. The predicted molar refractivity (Wildman–Crippen MR) is 188 cm³/mol. The lowest BCUT2D eigenvalue weighted by molar-refractivity contribution is -0.274. The second-order valence-electron chi connectivity index (χ2n) is 14.3. The maximum absolute atomic E-state index is 14.6. The average Bonchev–Trinajstić information content (AvgIpc) is 3.76. The number of hydrogen-bond donors (Lipinski definition) is 1. The third kappa shape index (κ3) is 4.97. The van der Waals surface area contributed by atoms with Gasteiger partial charge >= 0.3 is 6.36 Å². The number of alkyl halides is 3. The molecular formula is C41H30F3N3O7. The summed E-state index contributed by atoms with van der Waals surface area (Å²) in [6.07, 6.45) is -3.17. The summed E-state index contributed by atoms with van der Waals surface area (Å²) in [6.45, 7) is 1.58. The zero-order valence-electron chi connectivity index (χ0n) is 28.5. The van der Waals surface area contributed by atoms with Gasteiger partial charge in [-0.25, -0.2) is 9.88 Å². The van der Waals surface area contributed by atoms with Gasteiger partial charge in [0, 0.05) is 17.0 Å². The van der Waals surface area contributed by atoms with E-state index in [9.17, 15) is 37.5 Å². The number of halogens is 3. The number of benzene rings is 4.